The molecule has 0 amide bonds. The second kappa shape index (κ2) is 8.60. The molecule has 4 N–H and O–H groups in total. The van der Waals surface area contributed by atoms with Crippen molar-refractivity contribution < 1.29 is 14.1 Å². The molecule has 0 aliphatic heterocycles. The van der Waals surface area contributed by atoms with Crippen molar-refractivity contribution in [1.29, 1.82) is 0 Å². The predicted octanol–water partition coefficient (Wildman–Crippen LogP) is 4.63. The van der Waals surface area contributed by atoms with Crippen LogP contribution in [0.5, 0.6) is 0 Å². The highest BCUT2D eigenvalue weighted by atomic mass is 79.9. The molecule has 0 spiro atoms. The van der Waals surface area contributed by atoms with Gasteiger partial charge in [-0.25, -0.2) is 4.39 Å². The van der Waals surface area contributed by atoms with Crippen LogP contribution in [0.4, 0.5) is 21.6 Å². The van der Waals surface area contributed by atoms with Crippen LogP contribution in [-0.4, -0.2) is 21.3 Å². The molecule has 10 heteroatoms. The molecule has 0 saturated carbocycles. The Hall–Kier alpha value is -2.98. The van der Waals surface area contributed by atoms with Crippen molar-refractivity contribution in [2.75, 3.05) is 16.0 Å². The van der Waals surface area contributed by atoms with Crippen molar-refractivity contribution in [2.45, 2.75) is 0 Å². The summed E-state index contributed by atoms with van der Waals surface area (Å²) in [6.45, 7) is 0. The number of thiocarbonyl (C=S) groups is 1. The van der Waals surface area contributed by atoms with Crippen molar-refractivity contribution in [3.63, 3.8) is 0 Å². The highest BCUT2D eigenvalue weighted by Crippen LogP contribution is 2.22. The van der Waals surface area contributed by atoms with Crippen molar-refractivity contribution in [1.82, 2.24) is 5.16 Å². The molecule has 3 rings (SSSR count). The number of benzene rings is 2. The fourth-order valence-electron chi connectivity index (χ4n) is 2.14. The van der Waals surface area contributed by atoms with Crippen LogP contribution in [0.2, 0.25) is 0 Å². The number of nitrogens with one attached hydrogen (secondary N) is 3. The maximum atomic E-state index is 13.4. The van der Waals surface area contributed by atoms with Gasteiger partial charge in [-0.1, -0.05) is 28.5 Å². The first kappa shape index (κ1) is 18.8. The van der Waals surface area contributed by atoms with E-state index >= 15 is 0 Å². The molecule has 0 aliphatic rings. The van der Waals surface area contributed by atoms with Gasteiger partial charge in [-0.3, -0.25) is 0 Å². The lowest BCUT2D eigenvalue weighted by Crippen LogP contribution is -2.22. The van der Waals surface area contributed by atoms with Crippen LogP contribution < -0.4 is 16.0 Å². The molecule has 0 fully saturated rings. The largest absolute Gasteiger partial charge is 0.409 e. The van der Waals surface area contributed by atoms with Gasteiger partial charge in [-0.2, -0.15) is 0 Å². The van der Waals surface area contributed by atoms with E-state index in [1.54, 1.807) is 0 Å². The molecule has 0 radical (unpaired) electrons. The second-order valence-electron chi connectivity index (χ2n) is 5.22. The summed E-state index contributed by atoms with van der Waals surface area (Å²) in [4.78, 5) is 0. The predicted molar refractivity (Wildman–Crippen MR) is 109 cm³/mol. The zero-order chi connectivity index (χ0) is 19.2. The minimum absolute atomic E-state index is 0.0415. The van der Waals surface area contributed by atoms with Crippen LogP contribution in [0.3, 0.4) is 0 Å². The van der Waals surface area contributed by atoms with Crippen molar-refractivity contribution in [3.8, 4) is 0 Å². The molecule has 0 bridgehead atoms. The van der Waals surface area contributed by atoms with E-state index in [-0.39, 0.29) is 21.2 Å². The quantitative estimate of drug-likeness (QED) is 0.151. The van der Waals surface area contributed by atoms with Crippen LogP contribution in [0.1, 0.15) is 5.56 Å². The Morgan fingerprint density at radius 1 is 1.11 bits per heavy atom. The average molecular weight is 450 g/mol. The summed E-state index contributed by atoms with van der Waals surface area (Å²) in [7, 11) is 0. The molecule has 7 nitrogen and oxygen atoms in total. The van der Waals surface area contributed by atoms with E-state index in [1.165, 1.54) is 24.5 Å². The van der Waals surface area contributed by atoms with Gasteiger partial charge < -0.3 is 25.7 Å². The normalized spacial score (nSPS) is 11.1. The van der Waals surface area contributed by atoms with Gasteiger partial charge in [0.15, 0.2) is 16.8 Å². The van der Waals surface area contributed by atoms with E-state index in [0.717, 1.165) is 5.69 Å². The molecular formula is C17H13BrFN5O2S. The smallest absolute Gasteiger partial charge is 0.186 e. The van der Waals surface area contributed by atoms with Gasteiger partial charge in [0.05, 0.1) is 4.47 Å². The number of nitrogens with zero attached hydrogens (tertiary/aromatic N) is 2. The zero-order valence-corrected chi connectivity index (χ0v) is 16.0. The topological polar surface area (TPSA) is 94.7 Å². The Morgan fingerprint density at radius 3 is 2.59 bits per heavy atom. The summed E-state index contributed by atoms with van der Waals surface area (Å²) in [5, 5.41) is 25.4. The molecule has 0 aliphatic carbocycles. The maximum absolute atomic E-state index is 13.4. The molecule has 27 heavy (non-hydrogen) atoms. The molecule has 2 aromatic carbocycles. The highest BCUT2D eigenvalue weighted by Gasteiger charge is 2.17. The minimum Gasteiger partial charge on any atom is -0.409 e. The number of hydrogen-bond acceptors (Lipinski definition) is 5. The van der Waals surface area contributed by atoms with Gasteiger partial charge in [-0.05, 0) is 58.5 Å². The monoisotopic (exact) mass is 449 g/mol. The number of para-hydroxylation sites is 1. The van der Waals surface area contributed by atoms with Gasteiger partial charge in [-0.15, -0.1) is 0 Å². The van der Waals surface area contributed by atoms with Gasteiger partial charge in [0.1, 0.15) is 17.6 Å². The van der Waals surface area contributed by atoms with Crippen molar-refractivity contribution >= 4 is 56.3 Å². The third kappa shape index (κ3) is 4.80. The highest BCUT2D eigenvalue weighted by molar-refractivity contribution is 9.10. The molecular weight excluding hydrogens is 437 g/mol. The summed E-state index contributed by atoms with van der Waals surface area (Å²) in [6.07, 6.45) is 1.29. The van der Waals surface area contributed by atoms with Gasteiger partial charge in [0.25, 0.3) is 0 Å². The summed E-state index contributed by atoms with van der Waals surface area (Å²) in [6, 6.07) is 13.6. The Kier molecular flexibility index (Phi) is 5.99. The lowest BCUT2D eigenvalue weighted by molar-refractivity contribution is 0.319. The minimum atomic E-state index is -0.410. The third-order valence-electron chi connectivity index (χ3n) is 3.37. The number of anilines is 3. The van der Waals surface area contributed by atoms with E-state index in [1.807, 2.05) is 30.3 Å². The van der Waals surface area contributed by atoms with E-state index in [9.17, 15) is 9.60 Å². The van der Waals surface area contributed by atoms with Crippen LogP contribution >= 0.6 is 28.1 Å². The van der Waals surface area contributed by atoms with Crippen molar-refractivity contribution in [2.24, 2.45) is 5.16 Å². The van der Waals surface area contributed by atoms with Gasteiger partial charge in [0.2, 0.25) is 0 Å². The summed E-state index contributed by atoms with van der Waals surface area (Å²) in [5.41, 5.74) is 1.62. The van der Waals surface area contributed by atoms with Crippen LogP contribution in [-0.2, 0) is 0 Å². The number of amidine groups is 1. The molecule has 0 saturated heterocycles. The van der Waals surface area contributed by atoms with E-state index in [4.69, 9.17) is 16.7 Å². The molecule has 0 atom stereocenters. The second-order valence-corrected chi connectivity index (χ2v) is 6.49. The molecule has 1 heterocycles. The Bertz CT molecular complexity index is 980. The number of halogens is 2. The Morgan fingerprint density at radius 2 is 1.89 bits per heavy atom. The average Bonchev–Trinajstić information content (AvgIpc) is 3.11. The first-order chi connectivity index (χ1) is 13.1. The summed E-state index contributed by atoms with van der Waals surface area (Å²) >= 11 is 8.35. The number of oxime groups is 1. The lowest BCUT2D eigenvalue weighted by atomic mass is 10.2. The molecule has 0 unspecified atom stereocenters. The summed E-state index contributed by atoms with van der Waals surface area (Å²) in [5.74, 6) is -0.127. The fraction of sp³-hybridized carbons (Fsp3) is 0. The fourth-order valence-corrected chi connectivity index (χ4v) is 2.74. The van der Waals surface area contributed by atoms with Crippen LogP contribution in [0, 0.1) is 5.82 Å². The molecule has 3 aromatic rings. The van der Waals surface area contributed by atoms with E-state index in [0.29, 0.717) is 11.3 Å². The Balaban J connectivity index is 1.74. The van der Waals surface area contributed by atoms with E-state index in [2.05, 4.69) is 42.2 Å². The SMILES string of the molecule is O/N=C(\Nc1ccc(F)c(Br)c1)c1conc1NC(=S)Nc1ccccc1. The summed E-state index contributed by atoms with van der Waals surface area (Å²) < 4.78 is 18.6. The van der Waals surface area contributed by atoms with Crippen LogP contribution in [0.25, 0.3) is 0 Å². The van der Waals surface area contributed by atoms with Crippen molar-refractivity contribution in [3.05, 3.63) is 70.6 Å². The third-order valence-corrected chi connectivity index (χ3v) is 4.18. The first-order valence-corrected chi connectivity index (χ1v) is 8.79. The van der Waals surface area contributed by atoms with Crippen LogP contribution in [0.15, 0.2) is 68.9 Å². The number of hydrogen-bond donors (Lipinski definition) is 4. The number of rotatable bonds is 4. The van der Waals surface area contributed by atoms with Gasteiger partial charge >= 0.3 is 0 Å². The standard InChI is InChI=1S/C17H13BrFN5O2S/c18-13-8-11(6-7-14(13)19)20-15(23-25)12-9-26-24-16(12)22-17(27)21-10-4-2-1-3-5-10/h1-9,25H,(H,20,23)(H2,21,22,24,27). The van der Waals surface area contributed by atoms with Gasteiger partial charge in [0, 0.05) is 11.4 Å². The number of aromatic nitrogens is 1. The maximum Gasteiger partial charge on any atom is 0.186 e. The molecule has 138 valence electrons. The lowest BCUT2D eigenvalue weighted by Gasteiger charge is -2.11. The van der Waals surface area contributed by atoms with E-state index < -0.39 is 5.82 Å². The Labute approximate surface area is 167 Å². The molecule has 1 aromatic heterocycles. The first-order valence-electron chi connectivity index (χ1n) is 7.58. The zero-order valence-electron chi connectivity index (χ0n) is 13.6.